The molecule has 0 amide bonds. The Labute approximate surface area is 115 Å². The van der Waals surface area contributed by atoms with Crippen LogP contribution in [-0.2, 0) is 19.0 Å². The molecule has 19 heavy (non-hydrogen) atoms. The molecule has 1 unspecified atom stereocenters. The molecule has 0 N–H and O–H groups in total. The third-order valence-electron chi connectivity index (χ3n) is 2.60. The van der Waals surface area contributed by atoms with Crippen molar-refractivity contribution in [1.82, 2.24) is 0 Å². The van der Waals surface area contributed by atoms with Gasteiger partial charge < -0.3 is 4.74 Å². The molecule has 108 valence electrons. The van der Waals surface area contributed by atoms with Crippen molar-refractivity contribution in [2.24, 2.45) is 0 Å². The van der Waals surface area contributed by atoms with Crippen LogP contribution >= 0.6 is 0 Å². The van der Waals surface area contributed by atoms with Crippen LogP contribution in [0.2, 0.25) is 0 Å². The van der Waals surface area contributed by atoms with Crippen molar-refractivity contribution in [3.05, 3.63) is 29.8 Å². The van der Waals surface area contributed by atoms with E-state index in [-0.39, 0.29) is 11.5 Å². The Morgan fingerprint density at radius 3 is 2.42 bits per heavy atom. The molecular weight excluding hydrogens is 264 g/mol. The Balaban J connectivity index is 2.52. The van der Waals surface area contributed by atoms with Gasteiger partial charge in [-0.2, -0.15) is 8.42 Å². The van der Waals surface area contributed by atoms with Gasteiger partial charge in [-0.3, -0.25) is 4.18 Å². The molecule has 0 radical (unpaired) electrons. The van der Waals surface area contributed by atoms with Crippen LogP contribution < -0.4 is 0 Å². The number of hydrogen-bond acceptors (Lipinski definition) is 4. The average molecular weight is 286 g/mol. The average Bonchev–Trinajstić information content (AvgIpc) is 2.34. The maximum atomic E-state index is 12.0. The fourth-order valence-electron chi connectivity index (χ4n) is 1.50. The van der Waals surface area contributed by atoms with Crippen molar-refractivity contribution < 1.29 is 17.3 Å². The Hall–Kier alpha value is -0.910. The lowest BCUT2D eigenvalue weighted by Crippen LogP contribution is -2.21. The van der Waals surface area contributed by atoms with Gasteiger partial charge in [-0.05, 0) is 32.4 Å². The molecule has 0 saturated heterocycles. The molecule has 0 aliphatic carbocycles. The van der Waals surface area contributed by atoms with Crippen LogP contribution in [0.15, 0.2) is 29.2 Å². The summed E-state index contributed by atoms with van der Waals surface area (Å²) in [4.78, 5) is 0.179. The van der Waals surface area contributed by atoms with Crippen molar-refractivity contribution in [3.63, 3.8) is 0 Å². The molecule has 0 fully saturated rings. The second kappa shape index (κ2) is 7.62. The second-order valence-corrected chi connectivity index (χ2v) is 6.17. The molecule has 0 heterocycles. The van der Waals surface area contributed by atoms with Gasteiger partial charge in [0.25, 0.3) is 10.1 Å². The fourth-order valence-corrected chi connectivity index (χ4v) is 2.57. The highest BCUT2D eigenvalue weighted by Gasteiger charge is 2.18. The quantitative estimate of drug-likeness (QED) is 0.544. The molecule has 5 heteroatoms. The maximum absolute atomic E-state index is 12.0. The molecule has 1 atom stereocenters. The van der Waals surface area contributed by atoms with E-state index in [1.54, 1.807) is 31.2 Å². The van der Waals surface area contributed by atoms with Crippen molar-refractivity contribution >= 4 is 10.1 Å². The van der Waals surface area contributed by atoms with Crippen LogP contribution in [0, 0.1) is 6.92 Å². The number of ether oxygens (including phenoxy) is 1. The Morgan fingerprint density at radius 1 is 1.21 bits per heavy atom. The minimum atomic E-state index is -3.70. The van der Waals surface area contributed by atoms with Crippen molar-refractivity contribution in [1.29, 1.82) is 0 Å². The molecule has 0 bridgehead atoms. The van der Waals surface area contributed by atoms with Gasteiger partial charge in [0, 0.05) is 6.61 Å². The van der Waals surface area contributed by atoms with E-state index in [9.17, 15) is 8.42 Å². The number of hydrogen-bond donors (Lipinski definition) is 0. The van der Waals surface area contributed by atoms with Gasteiger partial charge in [-0.1, -0.05) is 31.0 Å². The minimum Gasteiger partial charge on any atom is -0.379 e. The number of rotatable bonds is 8. The van der Waals surface area contributed by atoms with E-state index in [1.807, 2.05) is 6.92 Å². The van der Waals surface area contributed by atoms with Crippen LogP contribution in [0.1, 0.15) is 32.3 Å². The largest absolute Gasteiger partial charge is 0.379 e. The first kappa shape index (κ1) is 16.1. The number of unbranched alkanes of at least 4 members (excludes halogenated alkanes) is 1. The van der Waals surface area contributed by atoms with Gasteiger partial charge >= 0.3 is 0 Å². The summed E-state index contributed by atoms with van der Waals surface area (Å²) in [5, 5.41) is 0. The van der Waals surface area contributed by atoms with Crippen molar-refractivity contribution in [2.45, 2.75) is 44.6 Å². The Kier molecular flexibility index (Phi) is 6.48. The topological polar surface area (TPSA) is 52.6 Å². The zero-order chi connectivity index (χ0) is 14.3. The Morgan fingerprint density at radius 2 is 1.84 bits per heavy atom. The molecule has 0 aliphatic heterocycles. The third-order valence-corrected chi connectivity index (χ3v) is 4.03. The summed E-state index contributed by atoms with van der Waals surface area (Å²) in [6, 6.07) is 6.60. The van der Waals surface area contributed by atoms with E-state index >= 15 is 0 Å². The van der Waals surface area contributed by atoms with E-state index in [2.05, 4.69) is 6.92 Å². The van der Waals surface area contributed by atoms with E-state index in [0.29, 0.717) is 6.61 Å². The van der Waals surface area contributed by atoms with E-state index in [4.69, 9.17) is 8.92 Å². The minimum absolute atomic E-state index is 0.179. The fraction of sp³-hybridized carbons (Fsp3) is 0.571. The summed E-state index contributed by atoms with van der Waals surface area (Å²) in [6.07, 6.45) is 1.54. The molecular formula is C14H22O4S. The Bertz CT molecular complexity index is 465. The summed E-state index contributed by atoms with van der Waals surface area (Å²) in [5.74, 6) is 0. The van der Waals surface area contributed by atoms with Gasteiger partial charge in [0.2, 0.25) is 0 Å². The van der Waals surface area contributed by atoms with E-state index in [1.165, 1.54) is 0 Å². The van der Waals surface area contributed by atoms with Gasteiger partial charge in [0.1, 0.15) is 0 Å². The summed E-state index contributed by atoms with van der Waals surface area (Å²) >= 11 is 0. The zero-order valence-electron chi connectivity index (χ0n) is 11.8. The highest BCUT2D eigenvalue weighted by molar-refractivity contribution is 7.86. The summed E-state index contributed by atoms with van der Waals surface area (Å²) in [7, 11) is -3.70. The normalized spacial score (nSPS) is 13.4. The molecule has 0 aliphatic rings. The van der Waals surface area contributed by atoms with Crippen LogP contribution in [0.3, 0.4) is 0 Å². The number of aryl methyl sites for hydroxylation is 1. The summed E-state index contributed by atoms with van der Waals surface area (Å²) in [5.41, 5.74) is 1.01. The second-order valence-electron chi connectivity index (χ2n) is 4.60. The van der Waals surface area contributed by atoms with Crippen molar-refractivity contribution in [3.8, 4) is 0 Å². The maximum Gasteiger partial charge on any atom is 0.297 e. The zero-order valence-corrected chi connectivity index (χ0v) is 12.6. The van der Waals surface area contributed by atoms with Gasteiger partial charge in [-0.15, -0.1) is 0 Å². The van der Waals surface area contributed by atoms with E-state index in [0.717, 1.165) is 18.4 Å². The monoisotopic (exact) mass is 286 g/mol. The van der Waals surface area contributed by atoms with Gasteiger partial charge in [-0.25, -0.2) is 0 Å². The third kappa shape index (κ3) is 5.72. The molecule has 0 spiro atoms. The first-order valence-electron chi connectivity index (χ1n) is 6.53. The van der Waals surface area contributed by atoms with Crippen molar-refractivity contribution in [2.75, 3.05) is 13.2 Å². The standard InChI is InChI=1S/C14H22O4S/c1-4-5-10-17-11-13(3)18-19(15,16)14-8-6-12(2)7-9-14/h6-9,13H,4-5,10-11H2,1-3H3. The highest BCUT2D eigenvalue weighted by atomic mass is 32.2. The molecule has 1 aromatic carbocycles. The lowest BCUT2D eigenvalue weighted by molar-refractivity contribution is 0.0602. The predicted molar refractivity (Wildman–Crippen MR) is 74.6 cm³/mol. The molecule has 0 aromatic heterocycles. The molecule has 1 aromatic rings. The lowest BCUT2D eigenvalue weighted by atomic mass is 10.2. The first-order chi connectivity index (χ1) is 8.95. The van der Waals surface area contributed by atoms with Crippen LogP contribution in [0.25, 0.3) is 0 Å². The van der Waals surface area contributed by atoms with Crippen LogP contribution in [-0.4, -0.2) is 27.7 Å². The predicted octanol–water partition coefficient (Wildman–Crippen LogP) is 2.91. The summed E-state index contributed by atoms with van der Waals surface area (Å²) < 4.78 is 34.4. The SMILES string of the molecule is CCCCOCC(C)OS(=O)(=O)c1ccc(C)cc1. The molecule has 4 nitrogen and oxygen atoms in total. The van der Waals surface area contributed by atoms with E-state index < -0.39 is 16.2 Å². The van der Waals surface area contributed by atoms with Crippen LogP contribution in [0.4, 0.5) is 0 Å². The van der Waals surface area contributed by atoms with Gasteiger partial charge in [0.05, 0.1) is 17.6 Å². The lowest BCUT2D eigenvalue weighted by Gasteiger charge is -2.13. The number of benzene rings is 1. The first-order valence-corrected chi connectivity index (χ1v) is 7.94. The highest BCUT2D eigenvalue weighted by Crippen LogP contribution is 2.15. The summed E-state index contributed by atoms with van der Waals surface area (Å²) in [6.45, 7) is 6.59. The molecule has 0 saturated carbocycles. The molecule has 1 rings (SSSR count). The smallest absolute Gasteiger partial charge is 0.297 e. The van der Waals surface area contributed by atoms with Gasteiger partial charge in [0.15, 0.2) is 0 Å². The van der Waals surface area contributed by atoms with Crippen LogP contribution in [0.5, 0.6) is 0 Å².